The zero-order chi connectivity index (χ0) is 16.1. The molecule has 0 fully saturated rings. The van der Waals surface area contributed by atoms with Crippen molar-refractivity contribution >= 4 is 17.9 Å². The van der Waals surface area contributed by atoms with E-state index >= 15 is 0 Å². The molecule has 1 unspecified atom stereocenters. The fourth-order valence-electron chi connectivity index (χ4n) is 2.31. The molecule has 0 aromatic carbocycles. The highest BCUT2D eigenvalue weighted by Crippen LogP contribution is 2.17. The summed E-state index contributed by atoms with van der Waals surface area (Å²) in [5.74, 6) is -0.0797. The molecule has 0 saturated carbocycles. The zero-order valence-electron chi connectivity index (χ0n) is 12.8. The van der Waals surface area contributed by atoms with Crippen LogP contribution in [0.15, 0.2) is 31.0 Å². The normalized spacial score (nSPS) is 18.6. The number of Topliss-reactive ketones (excluding diaryl/α,β-unsaturated/α-hetero) is 1. The van der Waals surface area contributed by atoms with E-state index in [0.717, 1.165) is 5.70 Å². The minimum absolute atomic E-state index is 0.0797. The van der Waals surface area contributed by atoms with Gasteiger partial charge in [-0.15, -0.1) is 6.58 Å². The lowest BCUT2D eigenvalue weighted by atomic mass is 10.1. The maximum atomic E-state index is 11.4. The van der Waals surface area contributed by atoms with E-state index in [9.17, 15) is 9.59 Å². The molecule has 0 saturated heterocycles. The SMILES string of the molecule is C=CCON(C=O)C1C=C(n2ccc(C(C)=O)n2)CN(C)C1. The molecule has 118 valence electrons. The Bertz CT molecular complexity index is 593. The minimum atomic E-state index is -0.226. The number of nitrogens with zero attached hydrogens (tertiary/aromatic N) is 4. The van der Waals surface area contributed by atoms with Gasteiger partial charge in [0.05, 0.1) is 18.3 Å². The second kappa shape index (κ2) is 7.15. The van der Waals surface area contributed by atoms with Crippen LogP contribution >= 0.6 is 0 Å². The van der Waals surface area contributed by atoms with Gasteiger partial charge in [0.15, 0.2) is 5.78 Å². The molecule has 0 aliphatic carbocycles. The Morgan fingerprint density at radius 1 is 1.64 bits per heavy atom. The van der Waals surface area contributed by atoms with Crippen molar-refractivity contribution in [2.45, 2.75) is 13.0 Å². The largest absolute Gasteiger partial charge is 0.298 e. The summed E-state index contributed by atoms with van der Waals surface area (Å²) in [6.07, 6.45) is 5.91. The van der Waals surface area contributed by atoms with Crippen molar-refractivity contribution in [3.8, 4) is 0 Å². The van der Waals surface area contributed by atoms with E-state index in [4.69, 9.17) is 4.84 Å². The molecule has 7 nitrogen and oxygen atoms in total. The number of carbonyl (C=O) groups is 2. The lowest BCUT2D eigenvalue weighted by molar-refractivity contribution is -0.177. The van der Waals surface area contributed by atoms with Crippen molar-refractivity contribution in [3.05, 3.63) is 36.7 Å². The van der Waals surface area contributed by atoms with E-state index in [1.807, 2.05) is 13.1 Å². The second-order valence-electron chi connectivity index (χ2n) is 5.17. The van der Waals surface area contributed by atoms with E-state index in [1.54, 1.807) is 23.0 Å². The number of hydrogen-bond donors (Lipinski definition) is 0. The molecule has 2 heterocycles. The fraction of sp³-hybridized carbons (Fsp3) is 0.400. The zero-order valence-corrected chi connectivity index (χ0v) is 12.8. The van der Waals surface area contributed by atoms with Gasteiger partial charge in [0.1, 0.15) is 5.69 Å². The van der Waals surface area contributed by atoms with Crippen LogP contribution in [0.3, 0.4) is 0 Å². The maximum Gasteiger partial charge on any atom is 0.233 e. The van der Waals surface area contributed by atoms with Crippen molar-refractivity contribution in [2.24, 2.45) is 0 Å². The number of rotatable bonds is 7. The van der Waals surface area contributed by atoms with E-state index < -0.39 is 0 Å². The smallest absolute Gasteiger partial charge is 0.233 e. The van der Waals surface area contributed by atoms with Crippen LogP contribution in [-0.4, -0.2) is 64.7 Å². The van der Waals surface area contributed by atoms with Crippen molar-refractivity contribution < 1.29 is 14.4 Å². The molecule has 0 bridgehead atoms. The van der Waals surface area contributed by atoms with Crippen LogP contribution in [0.1, 0.15) is 17.4 Å². The molecule has 22 heavy (non-hydrogen) atoms. The number of likely N-dealkylation sites (N-methyl/N-ethyl adjacent to an activating group) is 1. The summed E-state index contributed by atoms with van der Waals surface area (Å²) in [5.41, 5.74) is 1.31. The molecule has 1 atom stereocenters. The van der Waals surface area contributed by atoms with Crippen molar-refractivity contribution in [2.75, 3.05) is 26.7 Å². The van der Waals surface area contributed by atoms with Crippen molar-refractivity contribution in [3.63, 3.8) is 0 Å². The van der Waals surface area contributed by atoms with Crippen LogP contribution in [0.5, 0.6) is 0 Å². The number of hydroxylamine groups is 2. The summed E-state index contributed by atoms with van der Waals surface area (Å²) in [6.45, 7) is 6.64. The van der Waals surface area contributed by atoms with Gasteiger partial charge >= 0.3 is 0 Å². The van der Waals surface area contributed by atoms with Crippen molar-refractivity contribution in [1.29, 1.82) is 0 Å². The first-order valence-corrected chi connectivity index (χ1v) is 6.98. The molecule has 1 aromatic rings. The van der Waals surface area contributed by atoms with Gasteiger partial charge in [-0.3, -0.25) is 19.3 Å². The molecular formula is C15H20N4O3. The van der Waals surface area contributed by atoms with Crippen LogP contribution in [0.25, 0.3) is 5.70 Å². The monoisotopic (exact) mass is 304 g/mol. The Morgan fingerprint density at radius 3 is 3.00 bits per heavy atom. The van der Waals surface area contributed by atoms with Gasteiger partial charge in [-0.2, -0.15) is 5.10 Å². The summed E-state index contributed by atoms with van der Waals surface area (Å²) in [4.78, 5) is 30.0. The number of carbonyl (C=O) groups excluding carboxylic acids is 2. The van der Waals surface area contributed by atoms with E-state index in [1.165, 1.54) is 12.0 Å². The van der Waals surface area contributed by atoms with E-state index in [2.05, 4.69) is 16.6 Å². The fourth-order valence-corrected chi connectivity index (χ4v) is 2.31. The topological polar surface area (TPSA) is 67.7 Å². The summed E-state index contributed by atoms with van der Waals surface area (Å²) in [6, 6.07) is 1.45. The van der Waals surface area contributed by atoms with Crippen LogP contribution in [0, 0.1) is 0 Å². The Hall–Kier alpha value is -2.25. The molecule has 1 aromatic heterocycles. The molecule has 1 amide bonds. The number of amides is 1. The van der Waals surface area contributed by atoms with Crippen LogP contribution < -0.4 is 0 Å². The third kappa shape index (κ3) is 3.69. The van der Waals surface area contributed by atoms with Gasteiger partial charge in [0.2, 0.25) is 6.41 Å². The lowest BCUT2D eigenvalue weighted by Gasteiger charge is -2.33. The third-order valence-electron chi connectivity index (χ3n) is 3.33. The number of aromatic nitrogens is 2. The predicted octanol–water partition coefficient (Wildman–Crippen LogP) is 0.817. The molecule has 1 aliphatic rings. The molecule has 7 heteroatoms. The summed E-state index contributed by atoms with van der Waals surface area (Å²) in [5, 5.41) is 5.53. The Morgan fingerprint density at radius 2 is 2.41 bits per heavy atom. The first-order valence-electron chi connectivity index (χ1n) is 6.98. The average Bonchev–Trinajstić information content (AvgIpc) is 2.97. The maximum absolute atomic E-state index is 11.4. The van der Waals surface area contributed by atoms with Gasteiger partial charge in [0.25, 0.3) is 0 Å². The summed E-state index contributed by atoms with van der Waals surface area (Å²) in [7, 11) is 1.95. The molecule has 0 spiro atoms. The van der Waals surface area contributed by atoms with Gasteiger partial charge in [-0.05, 0) is 19.2 Å². The molecular weight excluding hydrogens is 284 g/mol. The summed E-state index contributed by atoms with van der Waals surface area (Å²) < 4.78 is 1.66. The highest BCUT2D eigenvalue weighted by Gasteiger charge is 2.24. The van der Waals surface area contributed by atoms with Gasteiger partial charge < -0.3 is 0 Å². The molecule has 0 radical (unpaired) electrons. The van der Waals surface area contributed by atoms with Gasteiger partial charge in [0, 0.05) is 26.2 Å². The molecule has 1 aliphatic heterocycles. The Balaban J connectivity index is 2.23. The third-order valence-corrected chi connectivity index (χ3v) is 3.33. The Kier molecular flexibility index (Phi) is 5.24. The first-order chi connectivity index (χ1) is 10.5. The van der Waals surface area contributed by atoms with Gasteiger partial charge in [-0.25, -0.2) is 9.75 Å². The van der Waals surface area contributed by atoms with Crippen LogP contribution in [0.4, 0.5) is 0 Å². The average molecular weight is 304 g/mol. The highest BCUT2D eigenvalue weighted by molar-refractivity contribution is 5.92. The summed E-state index contributed by atoms with van der Waals surface area (Å²) >= 11 is 0. The number of ketones is 1. The predicted molar refractivity (Wildman–Crippen MR) is 81.8 cm³/mol. The quantitative estimate of drug-likeness (QED) is 0.323. The highest BCUT2D eigenvalue weighted by atomic mass is 16.7. The van der Waals surface area contributed by atoms with E-state index in [-0.39, 0.29) is 18.4 Å². The van der Waals surface area contributed by atoms with Gasteiger partial charge in [-0.1, -0.05) is 6.08 Å². The standard InChI is InChI=1S/C15H20N4O3/c1-4-7-22-19(11-20)14-8-13(9-17(3)10-14)18-6-5-15(16-18)12(2)21/h4-6,8,11,14H,1,7,9-10H2,2-3H3. The van der Waals surface area contributed by atoms with Crippen LogP contribution in [0.2, 0.25) is 0 Å². The first kappa shape index (κ1) is 16.1. The second-order valence-corrected chi connectivity index (χ2v) is 5.17. The molecule has 0 N–H and O–H groups in total. The lowest BCUT2D eigenvalue weighted by Crippen LogP contribution is -2.45. The van der Waals surface area contributed by atoms with Crippen LogP contribution in [-0.2, 0) is 9.63 Å². The minimum Gasteiger partial charge on any atom is -0.298 e. The molecule has 2 rings (SSSR count). The Labute approximate surface area is 129 Å². The van der Waals surface area contributed by atoms with Crippen molar-refractivity contribution in [1.82, 2.24) is 19.7 Å². The number of hydrogen-bond acceptors (Lipinski definition) is 5. The van der Waals surface area contributed by atoms with E-state index in [0.29, 0.717) is 25.2 Å².